The van der Waals surface area contributed by atoms with E-state index in [1.54, 1.807) is 6.92 Å². The van der Waals surface area contributed by atoms with E-state index in [0.717, 1.165) is 42.5 Å². The molecule has 1 saturated carbocycles. The van der Waals surface area contributed by atoms with Crippen LogP contribution in [0.3, 0.4) is 0 Å². The van der Waals surface area contributed by atoms with Gasteiger partial charge in [0.1, 0.15) is 17.3 Å². The Hall–Kier alpha value is -3.91. The SMILES string of the molecule is Cc1cnc(NC(=O)C(COC2CCC2)Oc2ncnc3c2cnn3-c2ncc(Cl)cc2C(F)(F)F)cn1. The Labute approximate surface area is 218 Å². The maximum Gasteiger partial charge on any atom is 0.420 e. The summed E-state index contributed by atoms with van der Waals surface area (Å²) in [5, 5.41) is 6.64. The third kappa shape index (κ3) is 5.50. The molecule has 1 amide bonds. The molecule has 0 spiro atoms. The number of amides is 1. The van der Waals surface area contributed by atoms with Crippen molar-refractivity contribution in [2.24, 2.45) is 0 Å². The fourth-order valence-electron chi connectivity index (χ4n) is 3.60. The summed E-state index contributed by atoms with van der Waals surface area (Å²) >= 11 is 5.75. The number of alkyl halides is 3. The predicted octanol–water partition coefficient (Wildman–Crippen LogP) is 3.94. The van der Waals surface area contributed by atoms with Crippen LogP contribution in [0.15, 0.2) is 37.2 Å². The Bertz CT molecular complexity index is 1460. The van der Waals surface area contributed by atoms with Crippen LogP contribution in [0.25, 0.3) is 16.9 Å². The van der Waals surface area contributed by atoms with Crippen LogP contribution in [0, 0.1) is 6.92 Å². The van der Waals surface area contributed by atoms with Gasteiger partial charge in [-0.1, -0.05) is 11.6 Å². The van der Waals surface area contributed by atoms with Gasteiger partial charge in [0.15, 0.2) is 17.3 Å². The van der Waals surface area contributed by atoms with E-state index < -0.39 is 29.6 Å². The summed E-state index contributed by atoms with van der Waals surface area (Å²) in [4.78, 5) is 33.3. The van der Waals surface area contributed by atoms with E-state index in [9.17, 15) is 18.0 Å². The van der Waals surface area contributed by atoms with Gasteiger partial charge in [0.25, 0.3) is 5.91 Å². The van der Waals surface area contributed by atoms with Gasteiger partial charge in [-0.25, -0.2) is 19.9 Å². The lowest BCUT2D eigenvalue weighted by Gasteiger charge is -2.27. The molecule has 0 saturated heterocycles. The number of nitrogens with zero attached hydrogens (tertiary/aromatic N) is 7. The summed E-state index contributed by atoms with van der Waals surface area (Å²) in [5.41, 5.74) is -0.436. The smallest absolute Gasteiger partial charge is 0.420 e. The highest BCUT2D eigenvalue weighted by atomic mass is 35.5. The minimum atomic E-state index is -4.75. The Kier molecular flexibility index (Phi) is 7.08. The molecule has 4 aromatic heterocycles. The molecule has 15 heteroatoms. The molecule has 198 valence electrons. The molecule has 1 atom stereocenters. The van der Waals surface area contributed by atoms with Gasteiger partial charge in [0.05, 0.1) is 42.0 Å². The van der Waals surface area contributed by atoms with Crippen molar-refractivity contribution in [3.05, 3.63) is 53.5 Å². The second kappa shape index (κ2) is 10.5. The Balaban J connectivity index is 1.45. The van der Waals surface area contributed by atoms with Crippen molar-refractivity contribution in [2.75, 3.05) is 11.9 Å². The van der Waals surface area contributed by atoms with E-state index in [0.29, 0.717) is 5.69 Å². The number of carbonyl (C=O) groups is 1. The lowest BCUT2D eigenvalue weighted by atomic mass is 9.96. The summed E-state index contributed by atoms with van der Waals surface area (Å²) in [6.45, 7) is 1.67. The summed E-state index contributed by atoms with van der Waals surface area (Å²) in [5.74, 6) is -0.953. The number of aryl methyl sites for hydroxylation is 1. The lowest BCUT2D eigenvalue weighted by Crippen LogP contribution is -2.39. The summed E-state index contributed by atoms with van der Waals surface area (Å²) in [7, 11) is 0. The third-order valence-corrected chi connectivity index (χ3v) is 5.99. The van der Waals surface area contributed by atoms with Gasteiger partial charge in [-0.05, 0) is 32.3 Å². The predicted molar refractivity (Wildman–Crippen MR) is 128 cm³/mol. The first-order valence-corrected chi connectivity index (χ1v) is 11.9. The molecule has 0 radical (unpaired) electrons. The maximum atomic E-state index is 13.7. The van der Waals surface area contributed by atoms with Gasteiger partial charge in [-0.2, -0.15) is 23.0 Å². The minimum Gasteiger partial charge on any atom is -0.461 e. The van der Waals surface area contributed by atoms with Crippen LogP contribution in [-0.4, -0.2) is 59.4 Å². The quantitative estimate of drug-likeness (QED) is 0.348. The third-order valence-electron chi connectivity index (χ3n) is 5.78. The van der Waals surface area contributed by atoms with Gasteiger partial charge < -0.3 is 14.8 Å². The van der Waals surface area contributed by atoms with E-state index in [1.165, 1.54) is 18.6 Å². The van der Waals surface area contributed by atoms with Gasteiger partial charge in [0, 0.05) is 6.20 Å². The average Bonchev–Trinajstić information content (AvgIpc) is 3.28. The van der Waals surface area contributed by atoms with Crippen LogP contribution < -0.4 is 10.1 Å². The molecule has 1 N–H and O–H groups in total. The topological polar surface area (TPSA) is 130 Å². The van der Waals surface area contributed by atoms with E-state index in [4.69, 9.17) is 21.1 Å². The highest BCUT2D eigenvalue weighted by molar-refractivity contribution is 6.30. The number of aromatic nitrogens is 7. The molecule has 4 aromatic rings. The number of hydrogen-bond acceptors (Lipinski definition) is 9. The molecule has 0 bridgehead atoms. The molecule has 11 nitrogen and oxygen atoms in total. The van der Waals surface area contributed by atoms with Crippen molar-refractivity contribution in [1.29, 1.82) is 0 Å². The molecule has 1 aliphatic carbocycles. The molecular formula is C23H20ClF3N8O3. The molecule has 1 unspecified atom stereocenters. The molecule has 0 aromatic carbocycles. The summed E-state index contributed by atoms with van der Waals surface area (Å²) in [6.07, 6.45) is 3.17. The molecule has 38 heavy (non-hydrogen) atoms. The zero-order valence-corrected chi connectivity index (χ0v) is 20.6. The fraction of sp³-hybridized carbons (Fsp3) is 0.348. The monoisotopic (exact) mass is 548 g/mol. The molecule has 1 fully saturated rings. The highest BCUT2D eigenvalue weighted by Crippen LogP contribution is 2.35. The van der Waals surface area contributed by atoms with Crippen molar-refractivity contribution in [2.45, 2.75) is 44.6 Å². The van der Waals surface area contributed by atoms with Crippen LogP contribution in [0.4, 0.5) is 19.0 Å². The van der Waals surface area contributed by atoms with E-state index in [-0.39, 0.29) is 40.5 Å². The number of pyridine rings is 1. The fourth-order valence-corrected chi connectivity index (χ4v) is 3.76. The number of halogens is 4. The number of fused-ring (bicyclic) bond motifs is 1. The van der Waals surface area contributed by atoms with Crippen molar-refractivity contribution >= 4 is 34.4 Å². The molecule has 4 heterocycles. The second-order valence-corrected chi connectivity index (χ2v) is 8.96. The van der Waals surface area contributed by atoms with E-state index in [1.807, 2.05) is 0 Å². The second-order valence-electron chi connectivity index (χ2n) is 8.52. The van der Waals surface area contributed by atoms with Gasteiger partial charge in [-0.15, -0.1) is 0 Å². The molecule has 0 aliphatic heterocycles. The first-order chi connectivity index (χ1) is 18.2. The average molecular weight is 549 g/mol. The number of carbonyl (C=O) groups excluding carboxylic acids is 1. The van der Waals surface area contributed by atoms with Gasteiger partial charge in [-0.3, -0.25) is 9.78 Å². The van der Waals surface area contributed by atoms with Crippen LogP contribution in [-0.2, 0) is 15.7 Å². The van der Waals surface area contributed by atoms with Crippen molar-refractivity contribution in [3.63, 3.8) is 0 Å². The summed E-state index contributed by atoms with van der Waals surface area (Å²) < 4.78 is 53.7. The van der Waals surface area contributed by atoms with Crippen LogP contribution in [0.1, 0.15) is 30.5 Å². The number of nitrogens with one attached hydrogen (secondary N) is 1. The van der Waals surface area contributed by atoms with E-state index >= 15 is 0 Å². The minimum absolute atomic E-state index is 0.0120. The number of rotatable bonds is 8. The molecule has 1 aliphatic rings. The van der Waals surface area contributed by atoms with Crippen LogP contribution >= 0.6 is 11.6 Å². The van der Waals surface area contributed by atoms with Crippen LogP contribution in [0.2, 0.25) is 5.02 Å². The Morgan fingerprint density at radius 3 is 2.66 bits per heavy atom. The van der Waals surface area contributed by atoms with Crippen LogP contribution in [0.5, 0.6) is 5.88 Å². The Morgan fingerprint density at radius 1 is 1.16 bits per heavy atom. The molecular weight excluding hydrogens is 529 g/mol. The van der Waals surface area contributed by atoms with E-state index in [2.05, 4.69) is 35.3 Å². The zero-order chi connectivity index (χ0) is 26.9. The maximum absolute atomic E-state index is 13.7. The first-order valence-electron chi connectivity index (χ1n) is 11.5. The lowest BCUT2D eigenvalue weighted by molar-refractivity contribution is -0.137. The van der Waals surface area contributed by atoms with Crippen molar-refractivity contribution < 1.29 is 27.4 Å². The standard InChI is InChI=1S/C23H20ClF3N8O3/c1-12-6-29-18(9-28-12)34-21(36)17(10-37-14-3-2-4-14)38-22-15-8-33-35(19(15)31-11-32-22)20-16(23(25,26)27)5-13(24)7-30-20/h5-9,11,14,17H,2-4,10H2,1H3,(H,29,34,36). The number of hydrogen-bond donors (Lipinski definition) is 1. The first kappa shape index (κ1) is 25.7. The number of anilines is 1. The normalized spacial score (nSPS) is 14.8. The summed E-state index contributed by atoms with van der Waals surface area (Å²) in [6, 6.07) is 0.752. The Morgan fingerprint density at radius 2 is 1.97 bits per heavy atom. The van der Waals surface area contributed by atoms with Gasteiger partial charge in [0.2, 0.25) is 12.0 Å². The molecule has 5 rings (SSSR count). The van der Waals surface area contributed by atoms with Crippen molar-refractivity contribution in [3.8, 4) is 11.7 Å². The zero-order valence-electron chi connectivity index (χ0n) is 19.8. The largest absolute Gasteiger partial charge is 0.461 e. The van der Waals surface area contributed by atoms with Crippen molar-refractivity contribution in [1.82, 2.24) is 34.7 Å². The highest BCUT2D eigenvalue weighted by Gasteiger charge is 2.36. The van der Waals surface area contributed by atoms with Gasteiger partial charge >= 0.3 is 6.18 Å². The number of ether oxygens (including phenoxy) is 2.